The van der Waals surface area contributed by atoms with E-state index in [4.69, 9.17) is 33.2 Å². The van der Waals surface area contributed by atoms with E-state index in [-0.39, 0.29) is 62.4 Å². The fraction of sp³-hybridized carbons (Fsp3) is 0.394. The average Bonchev–Trinajstić information content (AvgIpc) is 0.769. The first kappa shape index (κ1) is 70.9. The van der Waals surface area contributed by atoms with Crippen molar-refractivity contribution in [1.82, 2.24) is 21.7 Å². The highest BCUT2D eigenvalue weighted by Gasteiger charge is 2.32. The van der Waals surface area contributed by atoms with Crippen molar-refractivity contribution in [2.24, 2.45) is 0 Å². The number of ether oxygens (including phenoxy) is 7. The molecule has 2 aliphatic rings. The first-order valence-corrected chi connectivity index (χ1v) is 33.1. The van der Waals surface area contributed by atoms with Gasteiger partial charge in [-0.25, -0.2) is 20.4 Å². The molecule has 0 saturated heterocycles. The molecule has 6 aromatic carbocycles. The van der Waals surface area contributed by atoms with Crippen LogP contribution < -0.4 is 51.3 Å². The van der Waals surface area contributed by atoms with Gasteiger partial charge in [-0.3, -0.25) is 40.7 Å². The SMILES string of the molecule is CC(C)(C)c1cc2c3c(c1)Sc1cc(C(C)(C)C)cc(c1OCC(=O)NNC(=O)Nc1ccc([N+](=O)[O-])cc1)Sc1cc(C(C)(C)C)cc(c1OCCOCCOCCOCCO3)Sc1cc(C(C)(C)C)cc(c1OCC(=O)NNC(=O)Nc1ccc([N+](=O)[O-])cc1)S2. The molecular formula is C66H78N8O15S4. The summed E-state index contributed by atoms with van der Waals surface area (Å²) < 4.78 is 45.5. The number of fused-ring (bicyclic) bond motifs is 2. The lowest BCUT2D eigenvalue weighted by molar-refractivity contribution is -0.385. The molecule has 10 bridgehead atoms. The van der Waals surface area contributed by atoms with Crippen LogP contribution in [0, 0.1) is 20.2 Å². The molecule has 27 heteroatoms. The first-order valence-electron chi connectivity index (χ1n) is 29.8. The number of anilines is 2. The lowest BCUT2D eigenvalue weighted by Gasteiger charge is -2.28. The number of hydrogen-bond donors (Lipinski definition) is 6. The van der Waals surface area contributed by atoms with E-state index in [2.05, 4.69) is 164 Å². The van der Waals surface area contributed by atoms with E-state index in [1.807, 2.05) is 0 Å². The fourth-order valence-corrected chi connectivity index (χ4v) is 13.7. The second-order valence-electron chi connectivity index (χ2n) is 25.6. The summed E-state index contributed by atoms with van der Waals surface area (Å²) in [5, 5.41) is 27.6. The molecule has 0 aromatic heterocycles. The zero-order valence-electron chi connectivity index (χ0n) is 54.0. The minimum absolute atomic E-state index is 0.113. The number of carbonyl (C=O) groups is 4. The Morgan fingerprint density at radius 1 is 0.409 bits per heavy atom. The molecular weight excluding hydrogens is 1270 g/mol. The third-order valence-electron chi connectivity index (χ3n) is 14.1. The predicted octanol–water partition coefficient (Wildman–Crippen LogP) is 13.9. The Hall–Kier alpha value is -7.92. The Labute approximate surface area is 557 Å². The zero-order chi connectivity index (χ0) is 67.4. The maximum Gasteiger partial charge on any atom is 0.337 e. The van der Waals surface area contributed by atoms with Gasteiger partial charge in [0.05, 0.1) is 88.7 Å². The highest BCUT2D eigenvalue weighted by Crippen LogP contribution is 2.56. The van der Waals surface area contributed by atoms with Gasteiger partial charge in [-0.1, -0.05) is 130 Å². The minimum Gasteiger partial charge on any atom is -0.489 e. The summed E-state index contributed by atoms with van der Waals surface area (Å²) in [5.74, 6) is 0.264. The van der Waals surface area contributed by atoms with Crippen LogP contribution in [0.15, 0.2) is 136 Å². The zero-order valence-corrected chi connectivity index (χ0v) is 57.2. The number of urea groups is 2. The number of hydrogen-bond acceptors (Lipinski definition) is 19. The molecule has 2 aliphatic heterocycles. The molecule has 0 spiro atoms. The summed E-state index contributed by atoms with van der Waals surface area (Å²) in [6.07, 6.45) is 0. The molecule has 6 amide bonds. The molecule has 0 radical (unpaired) electrons. The molecule has 8 rings (SSSR count). The van der Waals surface area contributed by atoms with Gasteiger partial charge >= 0.3 is 12.1 Å². The van der Waals surface area contributed by atoms with Crippen molar-refractivity contribution in [3.05, 3.63) is 140 Å². The smallest absolute Gasteiger partial charge is 0.337 e. The van der Waals surface area contributed by atoms with Crippen molar-refractivity contribution in [2.45, 2.75) is 144 Å². The third-order valence-corrected chi connectivity index (χ3v) is 18.3. The second kappa shape index (κ2) is 30.9. The number of hydrazine groups is 2. The van der Waals surface area contributed by atoms with E-state index in [1.54, 1.807) is 0 Å². The number of nitro benzene ring substituents is 2. The van der Waals surface area contributed by atoms with Gasteiger partial charge in [-0.05, 0) is 117 Å². The van der Waals surface area contributed by atoms with E-state index >= 15 is 0 Å². The molecule has 0 aliphatic carbocycles. The highest BCUT2D eigenvalue weighted by atomic mass is 32.2. The van der Waals surface area contributed by atoms with Gasteiger partial charge in [-0.15, -0.1) is 0 Å². The monoisotopic (exact) mass is 1350 g/mol. The number of amides is 6. The second-order valence-corrected chi connectivity index (χ2v) is 29.9. The number of benzene rings is 6. The van der Waals surface area contributed by atoms with Crippen molar-refractivity contribution in [1.29, 1.82) is 0 Å². The van der Waals surface area contributed by atoms with Crippen LogP contribution in [0.2, 0.25) is 0 Å². The van der Waals surface area contributed by atoms with Gasteiger partial charge in [0.15, 0.2) is 13.2 Å². The van der Waals surface area contributed by atoms with Crippen LogP contribution in [-0.4, -0.2) is 99.8 Å². The minimum atomic E-state index is -0.809. The Bertz CT molecular complexity index is 3400. The number of nitrogens with zero attached hydrogens (tertiary/aromatic N) is 2. The van der Waals surface area contributed by atoms with Gasteiger partial charge in [0, 0.05) is 35.6 Å². The fourth-order valence-electron chi connectivity index (χ4n) is 8.89. The Kier molecular flexibility index (Phi) is 23.6. The van der Waals surface area contributed by atoms with Crippen molar-refractivity contribution < 1.29 is 62.2 Å². The van der Waals surface area contributed by atoms with Crippen molar-refractivity contribution in [3.63, 3.8) is 0 Å². The number of carbonyl (C=O) groups excluding carboxylic acids is 4. The Balaban J connectivity index is 1.31. The number of rotatable bonds is 10. The normalized spacial score (nSPS) is 14.2. The average molecular weight is 1350 g/mol. The van der Waals surface area contributed by atoms with Crippen LogP contribution in [0.25, 0.3) is 0 Å². The standard InChI is InChI=1S/C66H78N8O15S4/c1-63(2,3)39-29-47-57-48(30-39)91-52-34-42(66(10,11)12)36-54(60(52)89-38-56(76)70-72-62(78)68-44-15-19-46(20-16-44)74(81)82)93-50-32-40(64(4,5)6)31-49(58(50)87-28-26-85-24-22-83-21-23-84-25-27-86-57)92-53-35-41(65(7,8)9)33-51(90-47)59(53)88-37-55(75)69-71-61(77)67-43-13-17-45(18-14-43)73(79)80/h13-20,29-36H,21-28,37-38H2,1-12H3,(H,69,75)(H,70,76)(H2,67,71,77)(H2,68,72,78). The van der Waals surface area contributed by atoms with Crippen molar-refractivity contribution >= 4 is 93.7 Å². The van der Waals surface area contributed by atoms with Crippen LogP contribution in [0.3, 0.4) is 0 Å². The largest absolute Gasteiger partial charge is 0.489 e. The van der Waals surface area contributed by atoms with E-state index in [9.17, 15) is 39.4 Å². The predicted molar refractivity (Wildman–Crippen MR) is 358 cm³/mol. The van der Waals surface area contributed by atoms with Crippen LogP contribution in [0.4, 0.5) is 32.3 Å². The molecule has 6 N–H and O–H groups in total. The topological polar surface area (TPSA) is 291 Å². The van der Waals surface area contributed by atoms with Crippen molar-refractivity contribution in [2.75, 3.05) is 76.7 Å². The van der Waals surface area contributed by atoms with Gasteiger partial charge in [0.2, 0.25) is 0 Å². The highest BCUT2D eigenvalue weighted by molar-refractivity contribution is 8.01. The number of nitrogens with one attached hydrogen (secondary N) is 6. The molecule has 0 unspecified atom stereocenters. The Morgan fingerprint density at radius 2 is 0.667 bits per heavy atom. The van der Waals surface area contributed by atoms with Gasteiger partial charge < -0.3 is 43.8 Å². The maximum atomic E-state index is 14.0. The summed E-state index contributed by atoms with van der Waals surface area (Å²) in [6.45, 7) is 26.1. The number of nitro groups is 2. The van der Waals surface area contributed by atoms with E-state index in [0.29, 0.717) is 75.4 Å². The van der Waals surface area contributed by atoms with Crippen LogP contribution >= 0.6 is 47.0 Å². The lowest BCUT2D eigenvalue weighted by atomic mass is 9.87. The summed E-state index contributed by atoms with van der Waals surface area (Å²) in [5.41, 5.74) is 11.7. The van der Waals surface area contributed by atoms with E-state index < -0.39 is 68.6 Å². The van der Waals surface area contributed by atoms with Crippen LogP contribution in [0.1, 0.15) is 105 Å². The molecule has 23 nitrogen and oxygen atoms in total. The van der Waals surface area contributed by atoms with Gasteiger partial charge in [0.25, 0.3) is 23.2 Å². The first-order chi connectivity index (χ1) is 43.9. The molecule has 496 valence electrons. The quantitative estimate of drug-likeness (QED) is 0.0548. The summed E-state index contributed by atoms with van der Waals surface area (Å²) in [6, 6.07) is 25.4. The molecule has 6 aromatic rings. The summed E-state index contributed by atoms with van der Waals surface area (Å²) in [4.78, 5) is 80.7. The lowest BCUT2D eigenvalue weighted by Crippen LogP contribution is -2.45. The van der Waals surface area contributed by atoms with Gasteiger partial charge in [-0.2, -0.15) is 0 Å². The molecule has 0 fully saturated rings. The van der Waals surface area contributed by atoms with Gasteiger partial charge in [0.1, 0.15) is 36.2 Å². The van der Waals surface area contributed by atoms with E-state index in [0.717, 1.165) is 22.3 Å². The van der Waals surface area contributed by atoms with Crippen LogP contribution in [-0.2, 0) is 45.5 Å². The molecule has 0 saturated carbocycles. The third kappa shape index (κ3) is 20.1. The Morgan fingerprint density at radius 3 is 0.925 bits per heavy atom. The molecule has 0 atom stereocenters. The maximum absolute atomic E-state index is 14.0. The number of non-ortho nitro benzene ring substituents is 2. The van der Waals surface area contributed by atoms with E-state index in [1.165, 1.54) is 95.6 Å². The summed E-state index contributed by atoms with van der Waals surface area (Å²) in [7, 11) is 0. The molecule has 2 heterocycles. The van der Waals surface area contributed by atoms with Crippen molar-refractivity contribution in [3.8, 4) is 23.0 Å². The molecule has 93 heavy (non-hydrogen) atoms. The van der Waals surface area contributed by atoms with Crippen LogP contribution in [0.5, 0.6) is 23.0 Å². The summed E-state index contributed by atoms with van der Waals surface area (Å²) >= 11 is 5.56.